The highest BCUT2D eigenvalue weighted by molar-refractivity contribution is 5.78. The van der Waals surface area contributed by atoms with Crippen LogP contribution in [0, 0.1) is 33.3 Å². The van der Waals surface area contributed by atoms with E-state index in [9.17, 15) is 14.9 Å². The Balaban J connectivity index is 1.33. The van der Waals surface area contributed by atoms with Crippen LogP contribution in [-0.4, -0.2) is 23.5 Å². The molecule has 4 aliphatic carbocycles. The summed E-state index contributed by atoms with van der Waals surface area (Å²) in [5.74, 6) is 2.74. The molecule has 4 bridgehead atoms. The maximum absolute atomic E-state index is 12.4. The summed E-state index contributed by atoms with van der Waals surface area (Å²) in [6.07, 6.45) is 7.88. The number of hydrogen-bond acceptors (Lipinski definition) is 4. The van der Waals surface area contributed by atoms with E-state index in [0.717, 1.165) is 17.8 Å². The van der Waals surface area contributed by atoms with Crippen molar-refractivity contribution in [2.45, 2.75) is 51.5 Å². The number of benzene rings is 1. The quantitative estimate of drug-likeness (QED) is 0.621. The van der Waals surface area contributed by atoms with Crippen molar-refractivity contribution in [1.82, 2.24) is 5.32 Å². The second kappa shape index (κ2) is 6.56. The molecule has 0 aromatic heterocycles. The Morgan fingerprint density at radius 1 is 1.27 bits per heavy atom. The van der Waals surface area contributed by atoms with Crippen molar-refractivity contribution in [3.05, 3.63) is 34.4 Å². The Kier molecular flexibility index (Phi) is 4.37. The lowest BCUT2D eigenvalue weighted by Gasteiger charge is -2.59. The van der Waals surface area contributed by atoms with Crippen LogP contribution in [0.15, 0.2) is 24.3 Å². The zero-order valence-electron chi connectivity index (χ0n) is 15.1. The molecule has 0 radical (unpaired) electrons. The summed E-state index contributed by atoms with van der Waals surface area (Å²) in [6.45, 7) is 2.02. The highest BCUT2D eigenvalue weighted by Crippen LogP contribution is 2.61. The lowest BCUT2D eigenvalue weighted by Crippen LogP contribution is -2.56. The molecule has 1 amide bonds. The van der Waals surface area contributed by atoms with Crippen molar-refractivity contribution < 1.29 is 14.5 Å². The molecule has 6 nitrogen and oxygen atoms in total. The Morgan fingerprint density at radius 3 is 2.46 bits per heavy atom. The molecule has 5 rings (SSSR count). The number of carbonyl (C=O) groups excluding carboxylic acids is 1. The highest BCUT2D eigenvalue weighted by Gasteiger charge is 2.53. The van der Waals surface area contributed by atoms with Gasteiger partial charge in [-0.1, -0.05) is 6.07 Å². The molecule has 1 unspecified atom stereocenters. The van der Waals surface area contributed by atoms with E-state index in [1.165, 1.54) is 50.7 Å². The summed E-state index contributed by atoms with van der Waals surface area (Å²) in [5, 5.41) is 14.0. The van der Waals surface area contributed by atoms with Crippen molar-refractivity contribution in [2.75, 3.05) is 6.61 Å². The smallest absolute Gasteiger partial charge is 0.273 e. The first kappa shape index (κ1) is 17.3. The van der Waals surface area contributed by atoms with Crippen LogP contribution < -0.4 is 10.1 Å². The summed E-state index contributed by atoms with van der Waals surface area (Å²) in [7, 11) is 0. The zero-order chi connectivity index (χ0) is 18.3. The number of carbonyl (C=O) groups is 1. The second-order valence-electron chi connectivity index (χ2n) is 8.61. The van der Waals surface area contributed by atoms with Crippen LogP contribution in [0.2, 0.25) is 0 Å². The van der Waals surface area contributed by atoms with Gasteiger partial charge in [-0.05, 0) is 74.7 Å². The average molecular weight is 358 g/mol. The van der Waals surface area contributed by atoms with Gasteiger partial charge in [-0.15, -0.1) is 0 Å². The lowest BCUT2D eigenvalue weighted by molar-refractivity contribution is -0.384. The number of amides is 1. The van der Waals surface area contributed by atoms with Crippen LogP contribution in [0.5, 0.6) is 5.75 Å². The first-order chi connectivity index (χ1) is 12.4. The highest BCUT2D eigenvalue weighted by atomic mass is 16.6. The predicted octanol–water partition coefficient (Wildman–Crippen LogP) is 3.69. The van der Waals surface area contributed by atoms with Gasteiger partial charge in [-0.2, -0.15) is 0 Å². The minimum atomic E-state index is -0.470. The van der Waals surface area contributed by atoms with Gasteiger partial charge in [0.1, 0.15) is 5.75 Å². The van der Waals surface area contributed by atoms with Gasteiger partial charge in [-0.3, -0.25) is 14.9 Å². The summed E-state index contributed by atoms with van der Waals surface area (Å²) < 4.78 is 5.46. The molecule has 1 aromatic carbocycles. The van der Waals surface area contributed by atoms with Gasteiger partial charge in [0.25, 0.3) is 11.6 Å². The topological polar surface area (TPSA) is 81.5 Å². The van der Waals surface area contributed by atoms with Gasteiger partial charge in [0.2, 0.25) is 0 Å². The predicted molar refractivity (Wildman–Crippen MR) is 96.8 cm³/mol. The molecule has 0 saturated heterocycles. The third kappa shape index (κ3) is 3.29. The number of nitrogens with one attached hydrogen (secondary N) is 1. The largest absolute Gasteiger partial charge is 0.484 e. The Bertz CT molecular complexity index is 682. The second-order valence-corrected chi connectivity index (χ2v) is 8.61. The average Bonchev–Trinajstić information content (AvgIpc) is 2.59. The summed E-state index contributed by atoms with van der Waals surface area (Å²) in [4.78, 5) is 22.7. The van der Waals surface area contributed by atoms with E-state index in [-0.39, 0.29) is 29.7 Å². The molecule has 1 aromatic rings. The van der Waals surface area contributed by atoms with E-state index in [4.69, 9.17) is 4.74 Å². The van der Waals surface area contributed by atoms with Crippen LogP contribution in [-0.2, 0) is 4.79 Å². The fourth-order valence-corrected chi connectivity index (χ4v) is 5.98. The Labute approximate surface area is 153 Å². The number of rotatable bonds is 6. The molecule has 26 heavy (non-hydrogen) atoms. The number of nitro groups is 1. The third-order valence-electron chi connectivity index (χ3n) is 6.78. The van der Waals surface area contributed by atoms with Crippen LogP contribution in [0.1, 0.15) is 45.4 Å². The SMILES string of the molecule is CC(NC(=O)COc1cccc([N+](=O)[O-])c1)C12CC3CC(CC(C3)C1)C2. The van der Waals surface area contributed by atoms with Crippen molar-refractivity contribution in [3.63, 3.8) is 0 Å². The molecular weight excluding hydrogens is 332 g/mol. The number of hydrogen-bond donors (Lipinski definition) is 1. The fourth-order valence-electron chi connectivity index (χ4n) is 5.98. The van der Waals surface area contributed by atoms with Gasteiger partial charge in [-0.25, -0.2) is 0 Å². The van der Waals surface area contributed by atoms with Gasteiger partial charge in [0.15, 0.2) is 6.61 Å². The first-order valence-corrected chi connectivity index (χ1v) is 9.60. The zero-order valence-corrected chi connectivity index (χ0v) is 15.1. The van der Waals surface area contributed by atoms with Crippen LogP contribution in [0.4, 0.5) is 5.69 Å². The maximum atomic E-state index is 12.4. The van der Waals surface area contributed by atoms with Crippen molar-refractivity contribution in [3.8, 4) is 5.75 Å². The van der Waals surface area contributed by atoms with Gasteiger partial charge < -0.3 is 10.1 Å². The minimum Gasteiger partial charge on any atom is -0.484 e. The van der Waals surface area contributed by atoms with E-state index in [1.54, 1.807) is 12.1 Å². The van der Waals surface area contributed by atoms with Gasteiger partial charge >= 0.3 is 0 Å². The normalized spacial score (nSPS) is 32.9. The van der Waals surface area contributed by atoms with Crippen LogP contribution in [0.25, 0.3) is 0 Å². The summed E-state index contributed by atoms with van der Waals surface area (Å²) in [5.41, 5.74) is 0.223. The molecule has 1 atom stereocenters. The number of nitro benzene ring substituents is 1. The molecule has 0 aliphatic heterocycles. The monoisotopic (exact) mass is 358 g/mol. The Morgan fingerprint density at radius 2 is 1.88 bits per heavy atom. The van der Waals surface area contributed by atoms with E-state index in [2.05, 4.69) is 12.2 Å². The first-order valence-electron chi connectivity index (χ1n) is 9.60. The standard InChI is InChI=1S/C20H26N2O4/c1-13(20-9-14-5-15(10-20)7-16(6-14)11-20)21-19(23)12-26-18-4-2-3-17(8-18)22(24)25/h2-4,8,13-16H,5-7,9-12H2,1H3,(H,21,23). The van der Waals surface area contributed by atoms with Gasteiger partial charge in [0.05, 0.1) is 11.0 Å². The molecule has 0 heterocycles. The number of nitrogens with zero attached hydrogens (tertiary/aromatic N) is 1. The van der Waals surface area contributed by atoms with E-state index < -0.39 is 4.92 Å². The van der Waals surface area contributed by atoms with E-state index >= 15 is 0 Å². The maximum Gasteiger partial charge on any atom is 0.273 e. The van der Waals surface area contributed by atoms with Crippen molar-refractivity contribution in [2.24, 2.45) is 23.2 Å². The van der Waals surface area contributed by atoms with Crippen LogP contribution >= 0.6 is 0 Å². The fraction of sp³-hybridized carbons (Fsp3) is 0.650. The summed E-state index contributed by atoms with van der Waals surface area (Å²) >= 11 is 0. The number of ether oxygens (including phenoxy) is 1. The molecular formula is C20H26N2O4. The molecule has 6 heteroatoms. The van der Waals surface area contributed by atoms with Crippen LogP contribution in [0.3, 0.4) is 0 Å². The molecule has 140 valence electrons. The summed E-state index contributed by atoms with van der Waals surface area (Å²) in [6, 6.07) is 6.08. The molecule has 4 saturated carbocycles. The molecule has 1 N–H and O–H groups in total. The van der Waals surface area contributed by atoms with Gasteiger partial charge in [0, 0.05) is 12.1 Å². The van der Waals surface area contributed by atoms with E-state index in [1.807, 2.05) is 0 Å². The Hall–Kier alpha value is -2.11. The molecule has 4 fully saturated rings. The number of non-ortho nitro benzene ring substituents is 1. The van der Waals surface area contributed by atoms with E-state index in [0.29, 0.717) is 5.75 Å². The molecule has 0 spiro atoms. The third-order valence-corrected chi connectivity index (χ3v) is 6.78. The minimum absolute atomic E-state index is 0.0372. The van der Waals surface area contributed by atoms with Crippen molar-refractivity contribution >= 4 is 11.6 Å². The van der Waals surface area contributed by atoms with Crippen molar-refractivity contribution in [1.29, 1.82) is 0 Å². The molecule has 4 aliphatic rings. The lowest BCUT2D eigenvalue weighted by atomic mass is 9.48.